The fourth-order valence-electron chi connectivity index (χ4n) is 1.81. The molecule has 0 saturated carbocycles. The molecule has 0 aliphatic carbocycles. The van der Waals surface area contributed by atoms with E-state index in [4.69, 9.17) is 0 Å². The molecule has 6 heteroatoms. The maximum atomic E-state index is 13.0. The Morgan fingerprint density at radius 2 is 2.17 bits per heavy atom. The fourth-order valence-corrected chi connectivity index (χ4v) is 2.43. The predicted molar refractivity (Wildman–Crippen MR) is 69.4 cm³/mol. The first-order valence-electron chi connectivity index (χ1n) is 5.74. The Morgan fingerprint density at radius 3 is 2.89 bits per heavy atom. The number of hydrogen-bond donors (Lipinski definition) is 2. The monoisotopic (exact) mass is 270 g/mol. The third-order valence-corrected chi connectivity index (χ3v) is 4.23. The summed E-state index contributed by atoms with van der Waals surface area (Å²) in [5, 5.41) is 0.923. The Kier molecular flexibility index (Phi) is 3.68. The molecule has 0 spiro atoms. The highest BCUT2D eigenvalue weighted by atomic mass is 32.2. The lowest BCUT2D eigenvalue weighted by atomic mass is 10.1. The maximum absolute atomic E-state index is 13.0. The molecule has 0 bridgehead atoms. The number of aromatic nitrogens is 1. The largest absolute Gasteiger partial charge is 0.361 e. The van der Waals surface area contributed by atoms with Crippen molar-refractivity contribution in [3.63, 3.8) is 0 Å². The number of rotatable bonds is 5. The zero-order chi connectivity index (χ0) is 13.2. The summed E-state index contributed by atoms with van der Waals surface area (Å²) < 4.78 is 38.0. The van der Waals surface area contributed by atoms with E-state index >= 15 is 0 Å². The third kappa shape index (κ3) is 2.88. The van der Waals surface area contributed by atoms with E-state index in [0.717, 1.165) is 16.5 Å². The second-order valence-electron chi connectivity index (χ2n) is 4.05. The number of aromatic amines is 1. The Labute approximate surface area is 105 Å². The van der Waals surface area contributed by atoms with E-state index in [2.05, 4.69) is 9.71 Å². The van der Waals surface area contributed by atoms with Crippen molar-refractivity contribution in [2.45, 2.75) is 13.3 Å². The highest BCUT2D eigenvalue weighted by Gasteiger charge is 2.08. The summed E-state index contributed by atoms with van der Waals surface area (Å²) in [6.07, 6.45) is 2.36. The summed E-state index contributed by atoms with van der Waals surface area (Å²) in [5.41, 5.74) is 1.70. The number of H-pyrrole nitrogens is 1. The van der Waals surface area contributed by atoms with Crippen LogP contribution in [-0.4, -0.2) is 25.7 Å². The molecular weight excluding hydrogens is 255 g/mol. The van der Waals surface area contributed by atoms with Crippen molar-refractivity contribution in [2.24, 2.45) is 0 Å². The van der Waals surface area contributed by atoms with Gasteiger partial charge in [0.25, 0.3) is 0 Å². The molecule has 0 atom stereocenters. The van der Waals surface area contributed by atoms with E-state index in [1.165, 1.54) is 12.1 Å². The molecule has 4 nitrogen and oxygen atoms in total. The molecule has 0 amide bonds. The fraction of sp³-hybridized carbons (Fsp3) is 0.333. The van der Waals surface area contributed by atoms with Crippen molar-refractivity contribution in [2.75, 3.05) is 12.3 Å². The number of benzene rings is 1. The molecule has 2 aromatic rings. The zero-order valence-corrected chi connectivity index (χ0v) is 10.8. The first-order chi connectivity index (χ1) is 8.52. The van der Waals surface area contributed by atoms with Crippen LogP contribution in [-0.2, 0) is 16.4 Å². The minimum Gasteiger partial charge on any atom is -0.361 e. The molecule has 0 fully saturated rings. The average Bonchev–Trinajstić information content (AvgIpc) is 2.71. The quantitative estimate of drug-likeness (QED) is 0.870. The Hall–Kier alpha value is -1.40. The van der Waals surface area contributed by atoms with Crippen LogP contribution in [0.5, 0.6) is 0 Å². The van der Waals surface area contributed by atoms with Crippen molar-refractivity contribution in [1.82, 2.24) is 9.71 Å². The van der Waals surface area contributed by atoms with Gasteiger partial charge in [0.2, 0.25) is 10.0 Å². The summed E-state index contributed by atoms with van der Waals surface area (Å²) in [4.78, 5) is 2.97. The highest BCUT2D eigenvalue weighted by Crippen LogP contribution is 2.19. The molecule has 0 aliphatic rings. The van der Waals surface area contributed by atoms with Crippen LogP contribution in [0.15, 0.2) is 24.4 Å². The van der Waals surface area contributed by atoms with E-state index in [1.54, 1.807) is 19.2 Å². The van der Waals surface area contributed by atoms with Crippen LogP contribution in [0.1, 0.15) is 12.5 Å². The van der Waals surface area contributed by atoms with E-state index in [0.29, 0.717) is 13.0 Å². The topological polar surface area (TPSA) is 62.0 Å². The van der Waals surface area contributed by atoms with Gasteiger partial charge in [-0.3, -0.25) is 0 Å². The normalized spacial score (nSPS) is 12.1. The maximum Gasteiger partial charge on any atom is 0.211 e. The first-order valence-corrected chi connectivity index (χ1v) is 7.40. The van der Waals surface area contributed by atoms with Gasteiger partial charge < -0.3 is 4.98 Å². The van der Waals surface area contributed by atoms with E-state index in [9.17, 15) is 12.8 Å². The molecule has 1 heterocycles. The van der Waals surface area contributed by atoms with Gasteiger partial charge in [0, 0.05) is 23.6 Å². The van der Waals surface area contributed by atoms with Gasteiger partial charge in [0.15, 0.2) is 0 Å². The number of sulfonamides is 1. The zero-order valence-electron chi connectivity index (χ0n) is 10.0. The highest BCUT2D eigenvalue weighted by molar-refractivity contribution is 7.89. The molecule has 18 heavy (non-hydrogen) atoms. The number of fused-ring (bicyclic) bond motifs is 1. The molecule has 0 radical (unpaired) electrons. The predicted octanol–water partition coefficient (Wildman–Crippen LogP) is 1.79. The van der Waals surface area contributed by atoms with Crippen LogP contribution in [0.4, 0.5) is 4.39 Å². The van der Waals surface area contributed by atoms with Crippen molar-refractivity contribution in [3.05, 3.63) is 35.8 Å². The van der Waals surface area contributed by atoms with Gasteiger partial charge in [-0.25, -0.2) is 17.5 Å². The average molecular weight is 270 g/mol. The van der Waals surface area contributed by atoms with Crippen LogP contribution >= 0.6 is 0 Å². The summed E-state index contributed by atoms with van der Waals surface area (Å²) in [6.45, 7) is 1.94. The molecule has 0 aliphatic heterocycles. The van der Waals surface area contributed by atoms with Crippen LogP contribution in [0.25, 0.3) is 10.9 Å². The van der Waals surface area contributed by atoms with Crippen molar-refractivity contribution >= 4 is 20.9 Å². The van der Waals surface area contributed by atoms with Crippen molar-refractivity contribution in [3.8, 4) is 0 Å². The number of halogens is 1. The lowest BCUT2D eigenvalue weighted by molar-refractivity contribution is 0.583. The molecule has 2 rings (SSSR count). The van der Waals surface area contributed by atoms with E-state index in [1.807, 2.05) is 0 Å². The smallest absolute Gasteiger partial charge is 0.211 e. The molecule has 98 valence electrons. The minimum atomic E-state index is -3.15. The summed E-state index contributed by atoms with van der Waals surface area (Å²) >= 11 is 0. The van der Waals surface area contributed by atoms with Gasteiger partial charge in [-0.2, -0.15) is 0 Å². The SMILES string of the molecule is CCS(=O)(=O)NCCc1c[nH]c2cc(F)ccc12. The first kappa shape index (κ1) is 13.0. The van der Waals surface area contributed by atoms with Gasteiger partial charge in [0.1, 0.15) is 5.82 Å². The van der Waals surface area contributed by atoms with Crippen LogP contribution in [0.2, 0.25) is 0 Å². The molecular formula is C12H15FN2O2S. The summed E-state index contributed by atoms with van der Waals surface area (Å²) in [7, 11) is -3.15. The molecule has 1 aromatic heterocycles. The summed E-state index contributed by atoms with van der Waals surface area (Å²) in [6, 6.07) is 4.52. The van der Waals surface area contributed by atoms with Crippen LogP contribution in [0.3, 0.4) is 0 Å². The second-order valence-corrected chi connectivity index (χ2v) is 6.15. The second kappa shape index (κ2) is 5.07. The Balaban J connectivity index is 2.09. The van der Waals surface area contributed by atoms with Gasteiger partial charge >= 0.3 is 0 Å². The Morgan fingerprint density at radius 1 is 1.39 bits per heavy atom. The van der Waals surface area contributed by atoms with E-state index < -0.39 is 10.0 Å². The summed E-state index contributed by atoms with van der Waals surface area (Å²) in [5.74, 6) is -0.214. The Bertz CT molecular complexity index is 649. The number of hydrogen-bond acceptors (Lipinski definition) is 2. The molecule has 1 aromatic carbocycles. The van der Waals surface area contributed by atoms with Gasteiger partial charge in [-0.05, 0) is 37.1 Å². The minimum absolute atomic E-state index is 0.0755. The number of nitrogens with one attached hydrogen (secondary N) is 2. The lowest BCUT2D eigenvalue weighted by Crippen LogP contribution is -2.27. The molecule has 0 saturated heterocycles. The van der Waals surface area contributed by atoms with Crippen molar-refractivity contribution in [1.29, 1.82) is 0 Å². The lowest BCUT2D eigenvalue weighted by Gasteiger charge is -2.03. The van der Waals surface area contributed by atoms with Gasteiger partial charge in [0.05, 0.1) is 5.75 Å². The molecule has 0 unspecified atom stereocenters. The van der Waals surface area contributed by atoms with Crippen LogP contribution < -0.4 is 4.72 Å². The van der Waals surface area contributed by atoms with E-state index in [-0.39, 0.29) is 11.6 Å². The molecule has 2 N–H and O–H groups in total. The van der Waals surface area contributed by atoms with Crippen LogP contribution in [0, 0.1) is 5.82 Å². The van der Waals surface area contributed by atoms with Crippen molar-refractivity contribution < 1.29 is 12.8 Å². The third-order valence-electron chi connectivity index (χ3n) is 2.83. The standard InChI is InChI=1S/C12H15FN2O2S/c1-2-18(16,17)15-6-5-9-8-14-12-7-10(13)3-4-11(9)12/h3-4,7-8,14-15H,2,5-6H2,1H3. The van der Waals surface area contributed by atoms with Gasteiger partial charge in [-0.1, -0.05) is 0 Å². The van der Waals surface area contributed by atoms with Gasteiger partial charge in [-0.15, -0.1) is 0 Å².